The fourth-order valence-corrected chi connectivity index (χ4v) is 5.26. The largest absolute Gasteiger partial charge is 0.493 e. The Morgan fingerprint density at radius 3 is 2.68 bits per heavy atom. The summed E-state index contributed by atoms with van der Waals surface area (Å²) in [4.78, 5) is 15.2. The second-order valence-corrected chi connectivity index (χ2v) is 10.1. The van der Waals surface area contributed by atoms with E-state index in [1.54, 1.807) is 14.2 Å². The fraction of sp³-hybridized carbons (Fsp3) is 0.625. The molecule has 2 unspecified atom stereocenters. The van der Waals surface area contributed by atoms with E-state index in [-0.39, 0.29) is 17.3 Å². The molecule has 9 nitrogen and oxygen atoms in total. The minimum atomic E-state index is -0.318. The van der Waals surface area contributed by atoms with Crippen LogP contribution in [0.5, 0.6) is 11.5 Å². The van der Waals surface area contributed by atoms with Crippen molar-refractivity contribution in [3.8, 4) is 11.5 Å². The van der Waals surface area contributed by atoms with Gasteiger partial charge in [0.1, 0.15) is 0 Å². The summed E-state index contributed by atoms with van der Waals surface area (Å²) in [7, 11) is 3.20. The smallest absolute Gasteiger partial charge is 0.233 e. The molecule has 2 aliphatic rings. The second-order valence-electron chi connectivity index (χ2n) is 8.74. The topological polar surface area (TPSA) is 90.7 Å². The summed E-state index contributed by atoms with van der Waals surface area (Å²) in [6.07, 6.45) is 5.91. The molecule has 2 aliphatic heterocycles. The van der Waals surface area contributed by atoms with E-state index in [0.29, 0.717) is 18.0 Å². The average Bonchev–Trinajstić information content (AvgIpc) is 3.53. The highest BCUT2D eigenvalue weighted by Gasteiger charge is 2.26. The van der Waals surface area contributed by atoms with Crippen molar-refractivity contribution in [1.29, 1.82) is 0 Å². The molecule has 2 aromatic rings. The zero-order chi connectivity index (χ0) is 23.9. The number of piperidine rings is 1. The van der Waals surface area contributed by atoms with Crippen LogP contribution in [-0.2, 0) is 22.6 Å². The molecule has 4 rings (SSSR count). The molecule has 1 aromatic heterocycles. The van der Waals surface area contributed by atoms with Crippen LogP contribution in [0, 0.1) is 0 Å². The molecule has 1 amide bonds. The summed E-state index contributed by atoms with van der Waals surface area (Å²) in [5, 5.41) is 12.5. The lowest BCUT2D eigenvalue weighted by atomic mass is 10.1. The molecule has 2 saturated heterocycles. The van der Waals surface area contributed by atoms with Crippen LogP contribution in [0.2, 0.25) is 0 Å². The first kappa shape index (κ1) is 24.7. The number of nitrogens with one attached hydrogen (secondary N) is 1. The van der Waals surface area contributed by atoms with E-state index >= 15 is 0 Å². The third-order valence-electron chi connectivity index (χ3n) is 6.31. The molecule has 10 heteroatoms. The molecular formula is C24H35N5O4S. The number of nitrogens with zero attached hydrogens (tertiary/aromatic N) is 4. The number of carbonyl (C=O) groups is 1. The van der Waals surface area contributed by atoms with Crippen LogP contribution in [0.15, 0.2) is 23.4 Å². The molecule has 34 heavy (non-hydrogen) atoms. The summed E-state index contributed by atoms with van der Waals surface area (Å²) in [6.45, 7) is 5.84. The monoisotopic (exact) mass is 489 g/mol. The van der Waals surface area contributed by atoms with Gasteiger partial charge in [-0.15, -0.1) is 10.2 Å². The Kier molecular flexibility index (Phi) is 8.55. The predicted octanol–water partition coefficient (Wildman–Crippen LogP) is 3.26. The Morgan fingerprint density at radius 1 is 1.18 bits per heavy atom. The van der Waals surface area contributed by atoms with Crippen molar-refractivity contribution in [2.24, 2.45) is 0 Å². The predicted molar refractivity (Wildman–Crippen MR) is 132 cm³/mol. The van der Waals surface area contributed by atoms with Crippen molar-refractivity contribution in [3.63, 3.8) is 0 Å². The standard InChI is InChI=1S/C24H35N5O4S/c1-17(22(30)25-15-18-9-10-20(31-2)21(14-18)32-3)34-24-27-26-23(28-11-5-4-6-12-28)29(24)16-19-8-7-13-33-19/h9-10,14,17,19H,4-8,11-13,15-16H2,1-3H3,(H,25,30). The van der Waals surface area contributed by atoms with Crippen LogP contribution in [0.1, 0.15) is 44.6 Å². The number of thioether (sulfide) groups is 1. The Morgan fingerprint density at radius 2 is 1.97 bits per heavy atom. The van der Waals surface area contributed by atoms with Crippen molar-refractivity contribution in [2.75, 3.05) is 38.8 Å². The minimum Gasteiger partial charge on any atom is -0.493 e. The van der Waals surface area contributed by atoms with E-state index in [9.17, 15) is 4.79 Å². The molecule has 1 N–H and O–H groups in total. The van der Waals surface area contributed by atoms with E-state index in [4.69, 9.17) is 14.2 Å². The number of hydrogen-bond donors (Lipinski definition) is 1. The quantitative estimate of drug-likeness (QED) is 0.509. The van der Waals surface area contributed by atoms with Gasteiger partial charge in [0.15, 0.2) is 16.7 Å². The van der Waals surface area contributed by atoms with E-state index in [0.717, 1.165) is 55.8 Å². The van der Waals surface area contributed by atoms with Gasteiger partial charge in [-0.1, -0.05) is 17.8 Å². The number of carbonyl (C=O) groups excluding carboxylic acids is 1. The number of benzene rings is 1. The number of aromatic nitrogens is 3. The van der Waals surface area contributed by atoms with Gasteiger partial charge in [-0.25, -0.2) is 0 Å². The van der Waals surface area contributed by atoms with Crippen molar-refractivity contribution >= 4 is 23.6 Å². The molecule has 0 radical (unpaired) electrons. The molecule has 0 spiro atoms. The molecular weight excluding hydrogens is 454 g/mol. The molecule has 1 aromatic carbocycles. The van der Waals surface area contributed by atoms with Gasteiger partial charge in [0.2, 0.25) is 11.9 Å². The third kappa shape index (κ3) is 5.96. The number of amides is 1. The van der Waals surface area contributed by atoms with E-state index < -0.39 is 0 Å². The summed E-state index contributed by atoms with van der Waals surface area (Å²) in [5.74, 6) is 2.15. The Balaban J connectivity index is 1.41. The molecule has 2 fully saturated rings. The number of methoxy groups -OCH3 is 2. The molecule has 0 saturated carbocycles. The van der Waals surface area contributed by atoms with Crippen LogP contribution in [0.3, 0.4) is 0 Å². The highest BCUT2D eigenvalue weighted by Crippen LogP contribution is 2.30. The molecule has 0 aliphatic carbocycles. The highest BCUT2D eigenvalue weighted by molar-refractivity contribution is 8.00. The number of anilines is 1. The maximum atomic E-state index is 12.9. The maximum Gasteiger partial charge on any atom is 0.233 e. The van der Waals surface area contributed by atoms with Crippen molar-refractivity contribution in [1.82, 2.24) is 20.1 Å². The highest BCUT2D eigenvalue weighted by atomic mass is 32.2. The Bertz CT molecular complexity index is 957. The normalized spacial score (nSPS) is 19.1. The van der Waals surface area contributed by atoms with Crippen LogP contribution >= 0.6 is 11.8 Å². The van der Waals surface area contributed by atoms with Crippen molar-refractivity contribution in [2.45, 2.75) is 68.6 Å². The van der Waals surface area contributed by atoms with Gasteiger partial charge in [-0.3, -0.25) is 9.36 Å². The average molecular weight is 490 g/mol. The fourth-order valence-electron chi connectivity index (χ4n) is 4.38. The summed E-state index contributed by atoms with van der Waals surface area (Å²) in [5.41, 5.74) is 0.942. The molecule has 186 valence electrons. The molecule has 3 heterocycles. The maximum absolute atomic E-state index is 12.9. The van der Waals surface area contributed by atoms with Crippen LogP contribution < -0.4 is 19.7 Å². The van der Waals surface area contributed by atoms with Crippen LogP contribution in [0.4, 0.5) is 5.95 Å². The van der Waals surface area contributed by atoms with Gasteiger partial charge >= 0.3 is 0 Å². The first-order valence-electron chi connectivity index (χ1n) is 12.0. The first-order chi connectivity index (χ1) is 16.6. The van der Waals surface area contributed by atoms with E-state index in [1.165, 1.54) is 31.0 Å². The van der Waals surface area contributed by atoms with Gasteiger partial charge in [0.25, 0.3) is 0 Å². The SMILES string of the molecule is COc1ccc(CNC(=O)C(C)Sc2nnc(N3CCCCC3)n2CC2CCCO2)cc1OC. The lowest BCUT2D eigenvalue weighted by Crippen LogP contribution is -2.33. The van der Waals surface area contributed by atoms with Gasteiger partial charge in [-0.2, -0.15) is 0 Å². The number of ether oxygens (including phenoxy) is 3. The lowest BCUT2D eigenvalue weighted by molar-refractivity contribution is -0.120. The van der Waals surface area contributed by atoms with Crippen LogP contribution in [0.25, 0.3) is 0 Å². The Hall–Kier alpha value is -2.46. The summed E-state index contributed by atoms with van der Waals surface area (Å²) in [6, 6.07) is 5.64. The molecule has 0 bridgehead atoms. The first-order valence-corrected chi connectivity index (χ1v) is 12.9. The zero-order valence-electron chi connectivity index (χ0n) is 20.3. The number of hydrogen-bond acceptors (Lipinski definition) is 8. The summed E-state index contributed by atoms with van der Waals surface area (Å²) >= 11 is 1.45. The van der Waals surface area contributed by atoms with E-state index in [2.05, 4.69) is 25.0 Å². The lowest BCUT2D eigenvalue weighted by Gasteiger charge is -2.28. The third-order valence-corrected chi connectivity index (χ3v) is 7.39. The van der Waals surface area contributed by atoms with Crippen molar-refractivity contribution in [3.05, 3.63) is 23.8 Å². The minimum absolute atomic E-state index is 0.0500. The molecule has 2 atom stereocenters. The van der Waals surface area contributed by atoms with Crippen molar-refractivity contribution < 1.29 is 19.0 Å². The van der Waals surface area contributed by atoms with Crippen LogP contribution in [-0.4, -0.2) is 65.9 Å². The Labute approximate surface area is 205 Å². The van der Waals surface area contributed by atoms with Gasteiger partial charge < -0.3 is 24.4 Å². The zero-order valence-corrected chi connectivity index (χ0v) is 21.1. The number of rotatable bonds is 10. The van der Waals surface area contributed by atoms with E-state index in [1.807, 2.05) is 25.1 Å². The second kappa shape index (κ2) is 11.8. The summed E-state index contributed by atoms with van der Waals surface area (Å²) < 4.78 is 18.7. The van der Waals surface area contributed by atoms with Gasteiger partial charge in [0.05, 0.1) is 32.1 Å². The van der Waals surface area contributed by atoms with Gasteiger partial charge in [-0.05, 0) is 56.7 Å². The van der Waals surface area contributed by atoms with Gasteiger partial charge in [0, 0.05) is 26.2 Å².